The number of phenols is 2. The largest absolute Gasteiger partial charge is 0.507 e. The summed E-state index contributed by atoms with van der Waals surface area (Å²) in [5, 5.41) is 22.9. The average Bonchev–Trinajstić information content (AvgIpc) is 2.85. The van der Waals surface area contributed by atoms with Crippen molar-refractivity contribution in [3.63, 3.8) is 0 Å². The first-order valence-corrected chi connectivity index (χ1v) is 18.3. The van der Waals surface area contributed by atoms with E-state index >= 15 is 0 Å². The highest BCUT2D eigenvalue weighted by molar-refractivity contribution is 8.18. The van der Waals surface area contributed by atoms with Crippen LogP contribution in [-0.4, -0.2) is 27.5 Å². The van der Waals surface area contributed by atoms with Crippen molar-refractivity contribution < 1.29 is 14.9 Å². The molecule has 0 spiro atoms. The zero-order chi connectivity index (χ0) is 33.9. The van der Waals surface area contributed by atoms with Crippen LogP contribution in [0.25, 0.3) is 0 Å². The molecule has 2 rings (SSSR count). The van der Waals surface area contributed by atoms with Gasteiger partial charge in [0.05, 0.1) is 4.08 Å². The first-order valence-electron chi connectivity index (χ1n) is 16.6. The maximum atomic E-state index is 11.6. The lowest BCUT2D eigenvalue weighted by Crippen LogP contribution is -2.23. The van der Waals surface area contributed by atoms with Crippen molar-refractivity contribution in [2.75, 3.05) is 13.2 Å². The van der Waals surface area contributed by atoms with Gasteiger partial charge in [-0.2, -0.15) is 0 Å². The van der Waals surface area contributed by atoms with Crippen LogP contribution in [0.4, 0.5) is 0 Å². The van der Waals surface area contributed by atoms with Crippen LogP contribution in [0.2, 0.25) is 0 Å². The average molecular weight is 645 g/mol. The predicted octanol–water partition coefficient (Wildman–Crippen LogP) is 12.1. The molecule has 0 unspecified atom stereocenters. The Morgan fingerprint density at radius 3 is 1.32 bits per heavy atom. The summed E-state index contributed by atoms with van der Waals surface area (Å²) in [6.07, 6.45) is 4.37. The molecular weight excluding hydrogens is 581 g/mol. The van der Waals surface area contributed by atoms with E-state index in [9.17, 15) is 10.2 Å². The van der Waals surface area contributed by atoms with Crippen molar-refractivity contribution >= 4 is 23.5 Å². The number of thioether (sulfide) groups is 2. The second-order valence-corrected chi connectivity index (χ2v) is 20.5. The smallest absolute Gasteiger partial charge is 0.123 e. The van der Waals surface area contributed by atoms with Gasteiger partial charge in [0.1, 0.15) is 11.5 Å². The SMILES string of the molecule is CCC(CC)CCOCCC(C)(C)c1cc(SC(C)(C)Sc2cc(C(C)(C)C)c(O)c(C(C)(C)C)c2)cc(C(C)(C)C)c1O. The van der Waals surface area contributed by atoms with Gasteiger partial charge in [0.2, 0.25) is 0 Å². The highest BCUT2D eigenvalue weighted by Gasteiger charge is 2.32. The molecule has 0 aliphatic heterocycles. The number of phenolic OH excluding ortho intramolecular Hbond substituents is 2. The van der Waals surface area contributed by atoms with Crippen molar-refractivity contribution in [3.05, 3.63) is 46.5 Å². The van der Waals surface area contributed by atoms with Gasteiger partial charge in [-0.05, 0) is 78.5 Å². The van der Waals surface area contributed by atoms with Crippen LogP contribution in [-0.2, 0) is 26.4 Å². The standard InChI is InChI=1S/C39H64O3S2/c1-16-26(17-2)18-20-42-21-19-38(12,13)32-25-28(24-31(34(32)41)37(9,10)11)44-39(14,15)43-27-22-29(35(3,4)5)33(40)30(23-27)36(6,7)8/h22-26,40-41H,16-21H2,1-15H3. The predicted molar refractivity (Wildman–Crippen MR) is 195 cm³/mol. The minimum Gasteiger partial charge on any atom is -0.507 e. The normalized spacial score (nSPS) is 13.6. The molecule has 0 aliphatic carbocycles. The van der Waals surface area contributed by atoms with Crippen molar-refractivity contribution in [2.45, 2.75) is 165 Å². The van der Waals surface area contributed by atoms with E-state index in [2.05, 4.69) is 128 Å². The van der Waals surface area contributed by atoms with Gasteiger partial charge in [-0.3, -0.25) is 0 Å². The summed E-state index contributed by atoms with van der Waals surface area (Å²) in [6, 6.07) is 8.74. The minimum absolute atomic E-state index is 0.172. The highest BCUT2D eigenvalue weighted by Crippen LogP contribution is 2.51. The maximum absolute atomic E-state index is 11.6. The molecule has 0 aliphatic rings. The molecule has 0 heterocycles. The van der Waals surface area contributed by atoms with Gasteiger partial charge in [-0.25, -0.2) is 0 Å². The van der Waals surface area contributed by atoms with E-state index in [1.165, 1.54) is 12.8 Å². The van der Waals surface area contributed by atoms with Gasteiger partial charge in [0.25, 0.3) is 0 Å². The van der Waals surface area contributed by atoms with Gasteiger partial charge in [0, 0.05) is 45.3 Å². The lowest BCUT2D eigenvalue weighted by molar-refractivity contribution is 0.104. The number of hydrogen-bond acceptors (Lipinski definition) is 5. The van der Waals surface area contributed by atoms with Gasteiger partial charge >= 0.3 is 0 Å². The summed E-state index contributed by atoms with van der Waals surface area (Å²) in [5.41, 5.74) is 3.16. The fourth-order valence-electron chi connectivity index (χ4n) is 5.66. The Morgan fingerprint density at radius 1 is 0.591 bits per heavy atom. The summed E-state index contributed by atoms with van der Waals surface area (Å²) >= 11 is 3.67. The first kappa shape index (κ1) is 38.9. The molecule has 0 bridgehead atoms. The fourth-order valence-corrected chi connectivity index (χ4v) is 8.25. The van der Waals surface area contributed by atoms with Crippen LogP contribution in [0, 0.1) is 5.92 Å². The Morgan fingerprint density at radius 2 is 0.955 bits per heavy atom. The number of benzene rings is 2. The highest BCUT2D eigenvalue weighted by atomic mass is 32.2. The van der Waals surface area contributed by atoms with Gasteiger partial charge < -0.3 is 14.9 Å². The Bertz CT molecular complexity index is 1200. The Kier molecular flexibility index (Phi) is 12.9. The van der Waals surface area contributed by atoms with Crippen LogP contribution in [0.15, 0.2) is 34.1 Å². The minimum atomic E-state index is -0.243. The molecule has 5 heteroatoms. The van der Waals surface area contributed by atoms with Crippen LogP contribution < -0.4 is 0 Å². The monoisotopic (exact) mass is 644 g/mol. The van der Waals surface area contributed by atoms with E-state index in [0.29, 0.717) is 18.1 Å². The van der Waals surface area contributed by atoms with E-state index in [1.807, 2.05) is 23.5 Å². The molecule has 0 fully saturated rings. The summed E-state index contributed by atoms with van der Waals surface area (Å²) in [6.45, 7) is 34.5. The number of rotatable bonds is 13. The summed E-state index contributed by atoms with van der Waals surface area (Å²) in [7, 11) is 0. The zero-order valence-corrected chi connectivity index (χ0v) is 32.4. The summed E-state index contributed by atoms with van der Waals surface area (Å²) in [4.78, 5) is 2.32. The van der Waals surface area contributed by atoms with Crippen molar-refractivity contribution in [3.8, 4) is 11.5 Å². The van der Waals surface area contributed by atoms with E-state index in [0.717, 1.165) is 57.4 Å². The lowest BCUT2D eigenvalue weighted by Gasteiger charge is -2.32. The number of hydrogen-bond donors (Lipinski definition) is 2. The fraction of sp³-hybridized carbons (Fsp3) is 0.692. The molecule has 0 amide bonds. The quantitative estimate of drug-likeness (QED) is 0.129. The summed E-state index contributed by atoms with van der Waals surface area (Å²) in [5.74, 6) is 1.56. The van der Waals surface area contributed by atoms with Crippen molar-refractivity contribution in [1.29, 1.82) is 0 Å². The molecule has 0 atom stereocenters. The molecule has 44 heavy (non-hydrogen) atoms. The van der Waals surface area contributed by atoms with Crippen LogP contribution in [0.1, 0.15) is 152 Å². The number of ether oxygens (including phenoxy) is 1. The van der Waals surface area contributed by atoms with Crippen LogP contribution >= 0.6 is 23.5 Å². The molecule has 2 aromatic carbocycles. The van der Waals surface area contributed by atoms with Crippen molar-refractivity contribution in [2.24, 2.45) is 5.92 Å². The molecule has 0 aromatic heterocycles. The van der Waals surface area contributed by atoms with Gasteiger partial charge in [-0.15, -0.1) is 23.5 Å². The molecular formula is C39H64O3S2. The lowest BCUT2D eigenvalue weighted by atomic mass is 9.77. The van der Waals surface area contributed by atoms with E-state index < -0.39 is 0 Å². The Labute approximate surface area is 279 Å². The molecule has 0 saturated heterocycles. The van der Waals surface area contributed by atoms with Gasteiger partial charge in [-0.1, -0.05) is 103 Å². The van der Waals surface area contributed by atoms with E-state index in [4.69, 9.17) is 4.74 Å². The maximum Gasteiger partial charge on any atom is 0.123 e. The third-order valence-electron chi connectivity index (χ3n) is 8.74. The zero-order valence-electron chi connectivity index (χ0n) is 30.7. The molecule has 0 radical (unpaired) electrons. The number of aromatic hydroxyl groups is 2. The summed E-state index contributed by atoms with van der Waals surface area (Å²) < 4.78 is 5.91. The Hall–Kier alpha value is -1.30. The van der Waals surface area contributed by atoms with Crippen molar-refractivity contribution in [1.82, 2.24) is 0 Å². The second kappa shape index (κ2) is 14.6. The topological polar surface area (TPSA) is 49.7 Å². The molecule has 2 N–H and O–H groups in total. The van der Waals surface area contributed by atoms with Crippen LogP contribution in [0.5, 0.6) is 11.5 Å². The third-order valence-corrected chi connectivity index (χ3v) is 11.2. The van der Waals surface area contributed by atoms with E-state index in [-0.39, 0.29) is 25.7 Å². The molecule has 3 nitrogen and oxygen atoms in total. The molecule has 2 aromatic rings. The van der Waals surface area contributed by atoms with E-state index in [1.54, 1.807) is 0 Å². The van der Waals surface area contributed by atoms with Crippen LogP contribution in [0.3, 0.4) is 0 Å². The third kappa shape index (κ3) is 10.6. The molecule has 250 valence electrons. The molecule has 0 saturated carbocycles. The first-order chi connectivity index (χ1) is 19.9. The second-order valence-electron chi connectivity index (χ2n) is 16.8. The van der Waals surface area contributed by atoms with Gasteiger partial charge in [0.15, 0.2) is 0 Å². The Balaban J connectivity index is 2.43.